The molecule has 0 aliphatic carbocycles. The number of benzene rings is 1. The Morgan fingerprint density at radius 2 is 2.00 bits per heavy atom. The van der Waals surface area contributed by atoms with Crippen molar-refractivity contribution in [2.45, 2.75) is 0 Å². The zero-order chi connectivity index (χ0) is 10.7. The van der Waals surface area contributed by atoms with Crippen molar-refractivity contribution < 1.29 is 4.74 Å². The highest BCUT2D eigenvalue weighted by molar-refractivity contribution is 6.32. The van der Waals surface area contributed by atoms with E-state index in [-0.39, 0.29) is 0 Å². The molecule has 1 aromatic heterocycles. The monoisotopic (exact) mass is 220 g/mol. The number of pyridine rings is 1. The molecule has 1 aromatic carbocycles. The molecule has 3 nitrogen and oxygen atoms in total. The van der Waals surface area contributed by atoms with Crippen LogP contribution in [0.15, 0.2) is 42.6 Å². The molecule has 0 aliphatic heterocycles. The van der Waals surface area contributed by atoms with Crippen LogP contribution in [0.5, 0.6) is 11.5 Å². The standard InChI is InChI=1S/C11H9ClN2O/c12-9-3-1-2-4-10(9)15-8-5-6-14-11(13)7-8/h1-7H,(H2,13,14). The van der Waals surface area contributed by atoms with Crippen LogP contribution in [-0.2, 0) is 0 Å². The molecule has 2 aromatic rings. The molecule has 0 aliphatic rings. The van der Waals surface area contributed by atoms with Crippen LogP contribution >= 0.6 is 11.6 Å². The molecule has 0 atom stereocenters. The van der Waals surface area contributed by atoms with Crippen molar-refractivity contribution in [2.75, 3.05) is 5.73 Å². The number of anilines is 1. The molecule has 0 radical (unpaired) electrons. The van der Waals surface area contributed by atoms with Crippen molar-refractivity contribution in [3.8, 4) is 11.5 Å². The van der Waals surface area contributed by atoms with E-state index in [2.05, 4.69) is 4.98 Å². The zero-order valence-electron chi connectivity index (χ0n) is 7.85. The Labute approximate surface area is 92.5 Å². The molecule has 76 valence electrons. The molecular formula is C11H9ClN2O. The van der Waals surface area contributed by atoms with Crippen molar-refractivity contribution in [1.29, 1.82) is 0 Å². The number of aromatic nitrogens is 1. The summed E-state index contributed by atoms with van der Waals surface area (Å²) in [6, 6.07) is 10.6. The minimum absolute atomic E-state index is 0.416. The second-order valence-electron chi connectivity index (χ2n) is 2.95. The number of nitrogens with two attached hydrogens (primary N) is 1. The van der Waals surface area contributed by atoms with Crippen molar-refractivity contribution in [1.82, 2.24) is 4.98 Å². The van der Waals surface area contributed by atoms with Gasteiger partial charge in [0, 0.05) is 12.3 Å². The van der Waals surface area contributed by atoms with E-state index in [4.69, 9.17) is 22.1 Å². The molecule has 15 heavy (non-hydrogen) atoms. The fourth-order valence-corrected chi connectivity index (χ4v) is 1.32. The second-order valence-corrected chi connectivity index (χ2v) is 3.36. The maximum absolute atomic E-state index is 5.94. The highest BCUT2D eigenvalue weighted by Gasteiger charge is 2.01. The van der Waals surface area contributed by atoms with Crippen LogP contribution in [0.2, 0.25) is 5.02 Å². The minimum Gasteiger partial charge on any atom is -0.456 e. The van der Waals surface area contributed by atoms with Crippen LogP contribution in [-0.4, -0.2) is 4.98 Å². The van der Waals surface area contributed by atoms with Crippen LogP contribution in [0.3, 0.4) is 0 Å². The summed E-state index contributed by atoms with van der Waals surface area (Å²) in [7, 11) is 0. The van der Waals surface area contributed by atoms with Gasteiger partial charge in [0.25, 0.3) is 0 Å². The molecule has 0 unspecified atom stereocenters. The van der Waals surface area contributed by atoms with E-state index in [1.54, 1.807) is 30.5 Å². The van der Waals surface area contributed by atoms with E-state index in [1.807, 2.05) is 12.1 Å². The molecule has 0 spiro atoms. The largest absolute Gasteiger partial charge is 0.456 e. The van der Waals surface area contributed by atoms with Crippen LogP contribution < -0.4 is 10.5 Å². The van der Waals surface area contributed by atoms with Gasteiger partial charge in [0.05, 0.1) is 5.02 Å². The average Bonchev–Trinajstić information content (AvgIpc) is 2.22. The molecule has 0 bridgehead atoms. The lowest BCUT2D eigenvalue weighted by molar-refractivity contribution is 0.482. The fourth-order valence-electron chi connectivity index (χ4n) is 1.15. The van der Waals surface area contributed by atoms with E-state index < -0.39 is 0 Å². The first-order chi connectivity index (χ1) is 7.25. The molecule has 0 saturated heterocycles. The first-order valence-corrected chi connectivity index (χ1v) is 4.77. The summed E-state index contributed by atoms with van der Waals surface area (Å²) in [6.07, 6.45) is 1.58. The lowest BCUT2D eigenvalue weighted by atomic mass is 10.3. The maximum atomic E-state index is 5.94. The predicted molar refractivity (Wildman–Crippen MR) is 60.2 cm³/mol. The fraction of sp³-hybridized carbons (Fsp3) is 0. The number of ether oxygens (including phenoxy) is 1. The molecule has 0 saturated carbocycles. The predicted octanol–water partition coefficient (Wildman–Crippen LogP) is 3.11. The van der Waals surface area contributed by atoms with Gasteiger partial charge in [0.15, 0.2) is 0 Å². The molecule has 2 rings (SSSR count). The summed E-state index contributed by atoms with van der Waals surface area (Å²) < 4.78 is 5.54. The normalized spacial score (nSPS) is 9.93. The first-order valence-electron chi connectivity index (χ1n) is 4.39. The van der Waals surface area contributed by atoms with E-state index in [1.165, 1.54) is 0 Å². The Morgan fingerprint density at radius 1 is 1.20 bits per heavy atom. The van der Waals surface area contributed by atoms with Gasteiger partial charge in [-0.1, -0.05) is 23.7 Å². The Kier molecular flexibility index (Phi) is 2.74. The van der Waals surface area contributed by atoms with Gasteiger partial charge in [-0.05, 0) is 18.2 Å². The third-order valence-electron chi connectivity index (χ3n) is 1.82. The SMILES string of the molecule is Nc1cc(Oc2ccccc2Cl)ccn1. The Morgan fingerprint density at radius 3 is 2.73 bits per heavy atom. The third-order valence-corrected chi connectivity index (χ3v) is 2.13. The van der Waals surface area contributed by atoms with E-state index in [0.29, 0.717) is 22.3 Å². The van der Waals surface area contributed by atoms with Crippen LogP contribution in [0.1, 0.15) is 0 Å². The number of para-hydroxylation sites is 1. The van der Waals surface area contributed by atoms with Crippen molar-refractivity contribution in [3.63, 3.8) is 0 Å². The summed E-state index contributed by atoms with van der Waals surface area (Å²) in [4.78, 5) is 3.87. The summed E-state index contributed by atoms with van der Waals surface area (Å²) in [5, 5.41) is 0.563. The number of nitrogen functional groups attached to an aromatic ring is 1. The van der Waals surface area contributed by atoms with Gasteiger partial charge in [-0.3, -0.25) is 0 Å². The van der Waals surface area contributed by atoms with Gasteiger partial charge in [-0.25, -0.2) is 4.98 Å². The molecule has 1 heterocycles. The lowest BCUT2D eigenvalue weighted by Crippen LogP contribution is -1.90. The third kappa shape index (κ3) is 2.39. The number of hydrogen-bond donors (Lipinski definition) is 1. The van der Waals surface area contributed by atoms with Gasteiger partial charge >= 0.3 is 0 Å². The summed E-state index contributed by atoms with van der Waals surface area (Å²) in [6.45, 7) is 0. The first kappa shape index (κ1) is 9.80. The Bertz CT molecular complexity index is 474. The van der Waals surface area contributed by atoms with Gasteiger partial charge in [-0.15, -0.1) is 0 Å². The molecule has 2 N–H and O–H groups in total. The number of hydrogen-bond acceptors (Lipinski definition) is 3. The average molecular weight is 221 g/mol. The van der Waals surface area contributed by atoms with Crippen molar-refractivity contribution in [3.05, 3.63) is 47.6 Å². The van der Waals surface area contributed by atoms with Crippen LogP contribution in [0, 0.1) is 0 Å². The number of nitrogens with zero attached hydrogens (tertiary/aromatic N) is 1. The topological polar surface area (TPSA) is 48.1 Å². The summed E-state index contributed by atoms with van der Waals surface area (Å²) in [5.74, 6) is 1.64. The molecule has 0 amide bonds. The van der Waals surface area contributed by atoms with Crippen LogP contribution in [0.4, 0.5) is 5.82 Å². The van der Waals surface area contributed by atoms with Gasteiger partial charge in [0.2, 0.25) is 0 Å². The number of halogens is 1. The lowest BCUT2D eigenvalue weighted by Gasteiger charge is -2.06. The molecule has 4 heteroatoms. The van der Waals surface area contributed by atoms with Crippen molar-refractivity contribution >= 4 is 17.4 Å². The zero-order valence-corrected chi connectivity index (χ0v) is 8.61. The highest BCUT2D eigenvalue weighted by Crippen LogP contribution is 2.28. The van der Waals surface area contributed by atoms with Crippen LogP contribution in [0.25, 0.3) is 0 Å². The van der Waals surface area contributed by atoms with Crippen molar-refractivity contribution in [2.24, 2.45) is 0 Å². The number of rotatable bonds is 2. The highest BCUT2D eigenvalue weighted by atomic mass is 35.5. The smallest absolute Gasteiger partial charge is 0.146 e. The Hall–Kier alpha value is -1.74. The Balaban J connectivity index is 2.26. The van der Waals surface area contributed by atoms with E-state index in [9.17, 15) is 0 Å². The maximum Gasteiger partial charge on any atom is 0.146 e. The van der Waals surface area contributed by atoms with E-state index in [0.717, 1.165) is 0 Å². The molecular weight excluding hydrogens is 212 g/mol. The van der Waals surface area contributed by atoms with E-state index >= 15 is 0 Å². The van der Waals surface area contributed by atoms with Gasteiger partial charge in [0.1, 0.15) is 17.3 Å². The second kappa shape index (κ2) is 4.19. The van der Waals surface area contributed by atoms with Gasteiger partial charge in [-0.2, -0.15) is 0 Å². The van der Waals surface area contributed by atoms with Gasteiger partial charge < -0.3 is 10.5 Å². The summed E-state index contributed by atoms with van der Waals surface area (Å²) in [5.41, 5.74) is 5.53. The minimum atomic E-state index is 0.416. The molecule has 0 fully saturated rings. The summed E-state index contributed by atoms with van der Waals surface area (Å²) >= 11 is 5.94. The quantitative estimate of drug-likeness (QED) is 0.846.